The van der Waals surface area contributed by atoms with E-state index in [0.29, 0.717) is 0 Å². The third-order valence-corrected chi connectivity index (χ3v) is 5.75. The zero-order chi connectivity index (χ0) is 18.7. The van der Waals surface area contributed by atoms with E-state index >= 15 is 0 Å². The number of nitrogens with one attached hydrogen (secondary N) is 1. The molecular weight excluding hydrogens is 402 g/mol. The number of benzene rings is 1. The Morgan fingerprint density at radius 1 is 1.27 bits per heavy atom. The van der Waals surface area contributed by atoms with Crippen LogP contribution in [0.4, 0.5) is 4.39 Å². The maximum atomic E-state index is 14.2. The molecule has 1 aliphatic carbocycles. The first-order valence-electron chi connectivity index (χ1n) is 8.04. The van der Waals surface area contributed by atoms with Crippen molar-refractivity contribution in [2.75, 3.05) is 0 Å². The Labute approximate surface area is 163 Å². The maximum Gasteiger partial charge on any atom is 0.360 e. The van der Waals surface area contributed by atoms with E-state index in [2.05, 4.69) is 9.69 Å². The number of rotatable bonds is 5. The molecule has 1 N–H and O–H groups in total. The van der Waals surface area contributed by atoms with Crippen molar-refractivity contribution >= 4 is 46.6 Å². The van der Waals surface area contributed by atoms with Crippen LogP contribution in [0.5, 0.6) is 0 Å². The molecule has 1 aromatic carbocycles. The quantitative estimate of drug-likeness (QED) is 0.725. The van der Waals surface area contributed by atoms with Gasteiger partial charge in [0.1, 0.15) is 15.2 Å². The Hall–Kier alpha value is -1.70. The molecule has 0 radical (unpaired) electrons. The van der Waals surface area contributed by atoms with Gasteiger partial charge in [-0.25, -0.2) is 9.18 Å². The van der Waals surface area contributed by atoms with Gasteiger partial charge in [0.05, 0.1) is 0 Å². The molecule has 1 aromatic heterocycles. The van der Waals surface area contributed by atoms with E-state index in [1.807, 2.05) is 0 Å². The summed E-state index contributed by atoms with van der Waals surface area (Å²) in [5, 5.41) is 2.77. The van der Waals surface area contributed by atoms with Crippen molar-refractivity contribution in [2.24, 2.45) is 0 Å². The van der Waals surface area contributed by atoms with E-state index in [9.17, 15) is 14.0 Å². The molecule has 1 heterocycles. The monoisotopic (exact) mass is 416 g/mol. The lowest BCUT2D eigenvalue weighted by Crippen LogP contribution is -2.38. The number of carbonyl (C=O) groups is 2. The second-order valence-electron chi connectivity index (χ2n) is 5.92. The molecule has 1 atom stereocenters. The summed E-state index contributed by atoms with van der Waals surface area (Å²) in [5.41, 5.74) is -0.231. The fraction of sp³-hybridized carbons (Fsp3) is 0.353. The van der Waals surface area contributed by atoms with Gasteiger partial charge in [-0.05, 0) is 30.4 Å². The summed E-state index contributed by atoms with van der Waals surface area (Å²) in [4.78, 5) is 25.1. The second-order valence-corrected chi connectivity index (χ2v) is 7.67. The van der Waals surface area contributed by atoms with Crippen molar-refractivity contribution in [3.8, 4) is 0 Å². The van der Waals surface area contributed by atoms with Crippen LogP contribution >= 0.6 is 34.7 Å². The molecule has 0 spiro atoms. The van der Waals surface area contributed by atoms with E-state index in [4.69, 9.17) is 27.9 Å². The minimum Gasteiger partial charge on any atom is -0.442 e. The summed E-state index contributed by atoms with van der Waals surface area (Å²) in [7, 11) is 0. The first kappa shape index (κ1) is 19.1. The summed E-state index contributed by atoms with van der Waals surface area (Å²) in [6.07, 6.45) is 2.28. The number of halogens is 3. The Kier molecular flexibility index (Phi) is 6.11. The van der Waals surface area contributed by atoms with E-state index in [1.54, 1.807) is 6.07 Å². The Balaban J connectivity index is 1.85. The Bertz CT molecular complexity index is 824. The van der Waals surface area contributed by atoms with Crippen LogP contribution in [0, 0.1) is 5.82 Å². The molecule has 0 saturated heterocycles. The summed E-state index contributed by atoms with van der Waals surface area (Å²) in [5.74, 6) is -2.16. The average Bonchev–Trinajstić information content (AvgIpc) is 3.24. The van der Waals surface area contributed by atoms with Crippen molar-refractivity contribution < 1.29 is 18.7 Å². The Morgan fingerprint density at radius 3 is 2.58 bits per heavy atom. The number of hydrogen-bond acceptors (Lipinski definition) is 5. The summed E-state index contributed by atoms with van der Waals surface area (Å²) in [6.45, 7) is 0. The summed E-state index contributed by atoms with van der Waals surface area (Å²) >= 11 is 12.6. The highest BCUT2D eigenvalue weighted by atomic mass is 35.5. The largest absolute Gasteiger partial charge is 0.442 e. The molecular formula is C17H15Cl2FN2O3S. The molecule has 2 aromatic rings. The highest BCUT2D eigenvalue weighted by molar-refractivity contribution is 7.11. The molecule has 0 aliphatic heterocycles. The van der Waals surface area contributed by atoms with Crippen LogP contribution in [0.2, 0.25) is 9.36 Å². The molecule has 26 heavy (non-hydrogen) atoms. The van der Waals surface area contributed by atoms with Gasteiger partial charge >= 0.3 is 5.97 Å². The molecule has 9 heteroatoms. The van der Waals surface area contributed by atoms with Crippen LogP contribution in [0.15, 0.2) is 24.3 Å². The van der Waals surface area contributed by atoms with Gasteiger partial charge in [0.25, 0.3) is 5.91 Å². The Morgan fingerprint density at radius 2 is 1.96 bits per heavy atom. The molecule has 1 saturated carbocycles. The molecule has 1 fully saturated rings. The fourth-order valence-corrected chi connectivity index (χ4v) is 3.82. The molecule has 5 nitrogen and oxygen atoms in total. The maximum absolute atomic E-state index is 14.2. The lowest BCUT2D eigenvalue weighted by molar-refractivity contribution is -0.131. The van der Waals surface area contributed by atoms with E-state index in [-0.39, 0.29) is 26.7 Å². The van der Waals surface area contributed by atoms with E-state index in [1.165, 1.54) is 18.2 Å². The van der Waals surface area contributed by atoms with Crippen LogP contribution in [-0.4, -0.2) is 22.3 Å². The van der Waals surface area contributed by atoms with Gasteiger partial charge in [0, 0.05) is 11.6 Å². The topological polar surface area (TPSA) is 68.3 Å². The zero-order valence-corrected chi connectivity index (χ0v) is 15.8. The van der Waals surface area contributed by atoms with Crippen LogP contribution in [-0.2, 0) is 9.53 Å². The normalized spacial score (nSPS) is 15.7. The number of hydrogen-bond donors (Lipinski definition) is 1. The lowest BCUT2D eigenvalue weighted by Gasteiger charge is -2.20. The zero-order valence-electron chi connectivity index (χ0n) is 13.5. The van der Waals surface area contributed by atoms with Crippen molar-refractivity contribution in [1.82, 2.24) is 9.69 Å². The molecule has 1 aliphatic rings. The number of aromatic nitrogens is 1. The molecule has 0 bridgehead atoms. The number of amides is 1. The van der Waals surface area contributed by atoms with Gasteiger partial charge in [-0.2, -0.15) is 4.37 Å². The fourth-order valence-electron chi connectivity index (χ4n) is 2.84. The van der Waals surface area contributed by atoms with Gasteiger partial charge in [-0.15, -0.1) is 0 Å². The molecule has 3 rings (SSSR count). The molecule has 1 amide bonds. The standard InChI is InChI=1S/C17H15Cl2FN2O3S/c18-12-13(22-26-15(12)19)17(24)25-14(10-7-3-4-8-11(10)20)16(23)21-9-5-1-2-6-9/h3-4,7-9,14H,1-2,5-6H2,(H,21,23)/t14-/m1/s1. The average molecular weight is 417 g/mol. The predicted molar refractivity (Wildman–Crippen MR) is 97.1 cm³/mol. The van der Waals surface area contributed by atoms with Crippen molar-refractivity contribution in [3.05, 3.63) is 50.7 Å². The van der Waals surface area contributed by atoms with Gasteiger partial charge in [0.2, 0.25) is 6.10 Å². The SMILES string of the molecule is O=C(O[C@@H](C(=O)NC1CCCC1)c1ccccc1F)c1nsc(Cl)c1Cl. The highest BCUT2D eigenvalue weighted by Crippen LogP contribution is 2.31. The molecule has 138 valence electrons. The third kappa shape index (κ3) is 4.16. The van der Waals surface area contributed by atoms with Crippen LogP contribution in [0.25, 0.3) is 0 Å². The van der Waals surface area contributed by atoms with Crippen LogP contribution in [0.3, 0.4) is 0 Å². The van der Waals surface area contributed by atoms with Crippen molar-refractivity contribution in [2.45, 2.75) is 37.8 Å². The van der Waals surface area contributed by atoms with Crippen molar-refractivity contribution in [1.29, 1.82) is 0 Å². The van der Waals surface area contributed by atoms with Gasteiger partial charge in [-0.3, -0.25) is 4.79 Å². The third-order valence-electron chi connectivity index (χ3n) is 4.14. The lowest BCUT2D eigenvalue weighted by atomic mass is 10.1. The van der Waals surface area contributed by atoms with E-state index in [0.717, 1.165) is 37.2 Å². The number of nitrogens with zero attached hydrogens (tertiary/aromatic N) is 1. The second kappa shape index (κ2) is 8.33. The minimum atomic E-state index is -1.44. The molecule has 0 unspecified atom stereocenters. The van der Waals surface area contributed by atoms with Gasteiger partial charge in [-0.1, -0.05) is 54.2 Å². The van der Waals surface area contributed by atoms with E-state index < -0.39 is 23.8 Å². The smallest absolute Gasteiger partial charge is 0.360 e. The number of esters is 1. The first-order chi connectivity index (χ1) is 12.5. The number of carbonyl (C=O) groups excluding carboxylic acids is 2. The van der Waals surface area contributed by atoms with Crippen molar-refractivity contribution in [3.63, 3.8) is 0 Å². The van der Waals surface area contributed by atoms with Crippen LogP contribution in [0.1, 0.15) is 47.8 Å². The highest BCUT2D eigenvalue weighted by Gasteiger charge is 2.32. The first-order valence-corrected chi connectivity index (χ1v) is 9.56. The minimum absolute atomic E-state index is 0.00668. The van der Waals surface area contributed by atoms with Gasteiger partial charge < -0.3 is 10.1 Å². The summed E-state index contributed by atoms with van der Waals surface area (Å²) < 4.78 is 23.5. The summed E-state index contributed by atoms with van der Waals surface area (Å²) in [6, 6.07) is 5.65. The number of ether oxygens (including phenoxy) is 1. The van der Waals surface area contributed by atoms with Gasteiger partial charge in [0.15, 0.2) is 5.69 Å². The van der Waals surface area contributed by atoms with Crippen LogP contribution < -0.4 is 5.32 Å². The predicted octanol–water partition coefficient (Wildman–Crippen LogP) is 4.55.